The van der Waals surface area contributed by atoms with Crippen LogP contribution in [0.1, 0.15) is 40.3 Å². The van der Waals surface area contributed by atoms with E-state index in [2.05, 4.69) is 113 Å². The standard InChI is InChI=1S/C48H34N6/c1-4-13-32(14-5-1)46-50-47(33-15-6-2-7-16-33)52-48(51-46)34-22-24-36(25-23-34)53-43-27-26-42-41(30-49-54(42)37-17-8-3-9-18-37)45(43)40-28-35-21-20-31-12-10-11-19-38(31)39(35)29-44(40)53/h1-9,11,13-30,43,45H,10,12H2. The van der Waals surface area contributed by atoms with E-state index in [0.29, 0.717) is 17.5 Å². The molecule has 2 unspecified atom stereocenters. The second-order valence-corrected chi connectivity index (χ2v) is 14.2. The van der Waals surface area contributed by atoms with Crippen molar-refractivity contribution >= 4 is 34.3 Å². The van der Waals surface area contributed by atoms with E-state index >= 15 is 0 Å². The molecule has 3 aliphatic rings. The number of para-hydroxylation sites is 1. The fraction of sp³-hybridized carbons (Fsp3) is 0.0833. The molecule has 0 radical (unpaired) electrons. The summed E-state index contributed by atoms with van der Waals surface area (Å²) in [6, 6.07) is 49.0. The van der Waals surface area contributed by atoms with Gasteiger partial charge < -0.3 is 4.90 Å². The zero-order valence-electron chi connectivity index (χ0n) is 29.4. The van der Waals surface area contributed by atoms with Crippen LogP contribution in [0.25, 0.3) is 62.8 Å². The van der Waals surface area contributed by atoms with Crippen LogP contribution in [0.15, 0.2) is 158 Å². The third-order valence-corrected chi connectivity index (χ3v) is 11.1. The van der Waals surface area contributed by atoms with Crippen molar-refractivity contribution in [2.24, 2.45) is 0 Å². The van der Waals surface area contributed by atoms with Gasteiger partial charge >= 0.3 is 0 Å². The lowest BCUT2D eigenvalue weighted by Crippen LogP contribution is -2.30. The summed E-state index contributed by atoms with van der Waals surface area (Å²) < 4.78 is 2.07. The minimum Gasteiger partial charge on any atom is -0.333 e. The zero-order valence-corrected chi connectivity index (χ0v) is 29.4. The average molecular weight is 695 g/mol. The Morgan fingerprint density at radius 3 is 1.91 bits per heavy atom. The summed E-state index contributed by atoms with van der Waals surface area (Å²) in [6.45, 7) is 0. The molecule has 256 valence electrons. The highest BCUT2D eigenvalue weighted by Gasteiger charge is 2.43. The van der Waals surface area contributed by atoms with Crippen molar-refractivity contribution in [2.45, 2.75) is 24.8 Å². The van der Waals surface area contributed by atoms with Gasteiger partial charge in [0.15, 0.2) is 17.5 Å². The summed E-state index contributed by atoms with van der Waals surface area (Å²) in [4.78, 5) is 17.4. The molecule has 0 N–H and O–H groups in total. The lowest BCUT2D eigenvalue weighted by molar-refractivity contribution is 0.722. The summed E-state index contributed by atoms with van der Waals surface area (Å²) in [7, 11) is 0. The Labute approximate surface area is 313 Å². The Morgan fingerprint density at radius 1 is 0.574 bits per heavy atom. The predicted molar refractivity (Wildman–Crippen MR) is 218 cm³/mol. The lowest BCUT2D eigenvalue weighted by atomic mass is 9.83. The van der Waals surface area contributed by atoms with Crippen molar-refractivity contribution in [1.29, 1.82) is 0 Å². The Morgan fingerprint density at radius 2 is 1.22 bits per heavy atom. The van der Waals surface area contributed by atoms with Gasteiger partial charge in [0.25, 0.3) is 0 Å². The monoisotopic (exact) mass is 694 g/mol. The molecule has 0 amide bonds. The van der Waals surface area contributed by atoms with E-state index in [9.17, 15) is 0 Å². The number of hydrogen-bond acceptors (Lipinski definition) is 5. The van der Waals surface area contributed by atoms with Crippen molar-refractivity contribution in [3.05, 3.63) is 186 Å². The molecule has 6 aromatic carbocycles. The summed E-state index contributed by atoms with van der Waals surface area (Å²) in [6.07, 6.45) is 13.5. The summed E-state index contributed by atoms with van der Waals surface area (Å²) in [5, 5.41) is 7.52. The smallest absolute Gasteiger partial charge is 0.164 e. The van der Waals surface area contributed by atoms with Gasteiger partial charge in [0.1, 0.15) is 0 Å². The third-order valence-electron chi connectivity index (χ3n) is 11.1. The van der Waals surface area contributed by atoms with E-state index in [4.69, 9.17) is 20.1 Å². The van der Waals surface area contributed by atoms with Gasteiger partial charge in [-0.05, 0) is 94.9 Å². The molecule has 11 rings (SSSR count). The number of aryl methyl sites for hydroxylation is 1. The molecule has 0 bridgehead atoms. The Bertz CT molecular complexity index is 2710. The van der Waals surface area contributed by atoms with Gasteiger partial charge in [-0.1, -0.05) is 109 Å². The molecule has 2 atom stereocenters. The molecular weight excluding hydrogens is 661 g/mol. The second-order valence-electron chi connectivity index (χ2n) is 14.2. The third kappa shape index (κ3) is 4.95. The van der Waals surface area contributed by atoms with Crippen molar-refractivity contribution in [3.63, 3.8) is 0 Å². The summed E-state index contributed by atoms with van der Waals surface area (Å²) in [5.74, 6) is 2.08. The van der Waals surface area contributed by atoms with Crippen LogP contribution < -0.4 is 4.90 Å². The van der Waals surface area contributed by atoms with Crippen molar-refractivity contribution in [3.8, 4) is 39.9 Å². The van der Waals surface area contributed by atoms with Crippen LogP contribution in [0.5, 0.6) is 0 Å². The fourth-order valence-electron chi connectivity index (χ4n) is 8.56. The highest BCUT2D eigenvalue weighted by Crippen LogP contribution is 2.53. The molecule has 0 saturated carbocycles. The van der Waals surface area contributed by atoms with Crippen LogP contribution in [0.3, 0.4) is 0 Å². The van der Waals surface area contributed by atoms with Crippen LogP contribution in [0.4, 0.5) is 11.4 Å². The van der Waals surface area contributed by atoms with E-state index < -0.39 is 0 Å². The topological polar surface area (TPSA) is 59.7 Å². The normalized spacial score (nSPS) is 16.6. The number of hydrogen-bond donors (Lipinski definition) is 0. The molecule has 2 aliphatic carbocycles. The molecular formula is C48H34N6. The van der Waals surface area contributed by atoms with Crippen LogP contribution in [-0.2, 0) is 6.42 Å². The van der Waals surface area contributed by atoms with Crippen LogP contribution in [0, 0.1) is 0 Å². The number of allylic oxidation sites excluding steroid dienone is 1. The predicted octanol–water partition coefficient (Wildman–Crippen LogP) is 10.8. The molecule has 8 aromatic rings. The van der Waals surface area contributed by atoms with Crippen LogP contribution >= 0.6 is 0 Å². The fourth-order valence-corrected chi connectivity index (χ4v) is 8.56. The van der Waals surface area contributed by atoms with E-state index in [1.807, 2.05) is 66.7 Å². The second kappa shape index (κ2) is 12.3. The Kier molecular flexibility index (Phi) is 7.02. The highest BCUT2D eigenvalue weighted by atomic mass is 15.3. The average Bonchev–Trinajstić information content (AvgIpc) is 3.83. The first-order valence-corrected chi connectivity index (χ1v) is 18.6. The highest BCUT2D eigenvalue weighted by molar-refractivity contribution is 5.98. The van der Waals surface area contributed by atoms with E-state index in [0.717, 1.165) is 46.6 Å². The molecule has 6 heteroatoms. The first-order chi connectivity index (χ1) is 26.8. The Hall–Kier alpha value is -6.92. The Balaban J connectivity index is 1.05. The minimum absolute atomic E-state index is 0.0847. The number of rotatable bonds is 5. The maximum atomic E-state index is 4.99. The molecule has 54 heavy (non-hydrogen) atoms. The molecule has 6 nitrogen and oxygen atoms in total. The molecule has 0 fully saturated rings. The minimum atomic E-state index is 0.0847. The zero-order chi connectivity index (χ0) is 35.6. The van der Waals surface area contributed by atoms with Gasteiger partial charge in [-0.2, -0.15) is 5.10 Å². The van der Waals surface area contributed by atoms with Gasteiger partial charge in [-0.3, -0.25) is 0 Å². The first kappa shape index (κ1) is 30.7. The van der Waals surface area contributed by atoms with Crippen molar-refractivity contribution in [2.75, 3.05) is 4.90 Å². The first-order valence-electron chi connectivity index (χ1n) is 18.6. The van der Waals surface area contributed by atoms with Gasteiger partial charge in [-0.25, -0.2) is 19.6 Å². The molecule has 0 spiro atoms. The number of benzene rings is 6. The van der Waals surface area contributed by atoms with E-state index in [1.165, 1.54) is 38.7 Å². The molecule has 2 aromatic heterocycles. The number of fused-ring (bicyclic) bond motifs is 8. The maximum absolute atomic E-state index is 4.99. The van der Waals surface area contributed by atoms with Gasteiger partial charge in [0.05, 0.1) is 23.6 Å². The lowest BCUT2D eigenvalue weighted by Gasteiger charge is -2.30. The largest absolute Gasteiger partial charge is 0.333 e. The van der Waals surface area contributed by atoms with E-state index in [-0.39, 0.29) is 12.0 Å². The number of nitrogens with zero attached hydrogens (tertiary/aromatic N) is 6. The SMILES string of the molecule is C1=Cc2c(ccc3cc4c(cc23)N(c2ccc(-c3nc(-c5ccccc5)nc(-c5ccccc5)n3)cc2)C2C=Cc3c(cnn3-c3ccccc3)C42)CC1. The van der Waals surface area contributed by atoms with Crippen LogP contribution in [-0.4, -0.2) is 30.8 Å². The van der Waals surface area contributed by atoms with Gasteiger partial charge in [0.2, 0.25) is 0 Å². The van der Waals surface area contributed by atoms with Crippen molar-refractivity contribution < 1.29 is 0 Å². The molecule has 3 heterocycles. The van der Waals surface area contributed by atoms with Crippen molar-refractivity contribution in [1.82, 2.24) is 24.7 Å². The molecule has 0 saturated heterocycles. The molecule has 1 aliphatic heterocycles. The summed E-state index contributed by atoms with van der Waals surface area (Å²) in [5.41, 5.74) is 12.7. The van der Waals surface area contributed by atoms with Gasteiger partial charge in [-0.15, -0.1) is 0 Å². The van der Waals surface area contributed by atoms with Crippen LogP contribution in [0.2, 0.25) is 0 Å². The van der Waals surface area contributed by atoms with Gasteiger partial charge in [0, 0.05) is 39.5 Å². The summed E-state index contributed by atoms with van der Waals surface area (Å²) >= 11 is 0. The number of anilines is 2. The van der Waals surface area contributed by atoms with E-state index in [1.54, 1.807) is 0 Å². The maximum Gasteiger partial charge on any atom is 0.164 e. The quantitative estimate of drug-likeness (QED) is 0.179. The number of aromatic nitrogens is 5.